The van der Waals surface area contributed by atoms with E-state index in [4.69, 9.17) is 5.11 Å². The number of carbonyl (C=O) groups excluding carboxylic acids is 2. The summed E-state index contributed by atoms with van der Waals surface area (Å²) >= 11 is 0. The molecule has 1 amide bonds. The molecule has 20 heavy (non-hydrogen) atoms. The Balaban J connectivity index is 2.49. The van der Waals surface area contributed by atoms with Gasteiger partial charge in [-0.2, -0.15) is 0 Å². The van der Waals surface area contributed by atoms with Crippen LogP contribution in [0.15, 0.2) is 12.5 Å². The minimum atomic E-state index is -1.07. The fraction of sp³-hybridized carbons (Fsp3) is 0.455. The number of hydrogen-bond donors (Lipinski definition) is 4. The van der Waals surface area contributed by atoms with Crippen LogP contribution >= 0.6 is 0 Å². The maximum Gasteiger partial charge on any atom is 0.328 e. The van der Waals surface area contributed by atoms with Crippen LogP contribution in [0.3, 0.4) is 0 Å². The van der Waals surface area contributed by atoms with Crippen molar-refractivity contribution >= 4 is 17.8 Å². The number of ether oxygens (including phenoxy) is 1. The summed E-state index contributed by atoms with van der Waals surface area (Å²) in [6.07, 6.45) is 3.20. The summed E-state index contributed by atoms with van der Waals surface area (Å²) in [5, 5.41) is 13.3. The number of aliphatic carboxylic acids is 1. The first-order valence-electron chi connectivity index (χ1n) is 5.80. The highest BCUT2D eigenvalue weighted by Crippen LogP contribution is 2.00. The standard InChI is InChI=1S/C11H16N4O5/c1-20-11(19)8(2-7-3-13-6-14-7)15-9(16)4-12-5-10(17)18/h3,6,8,12H,2,4-5H2,1H3,(H,13,14)(H,15,16)(H,17,18)/t8-/m0/s1. The van der Waals surface area contributed by atoms with Gasteiger partial charge in [-0.25, -0.2) is 9.78 Å². The highest BCUT2D eigenvalue weighted by molar-refractivity contribution is 5.85. The molecule has 0 aliphatic carbocycles. The number of esters is 1. The molecule has 110 valence electrons. The Labute approximate surface area is 114 Å². The van der Waals surface area contributed by atoms with E-state index >= 15 is 0 Å². The van der Waals surface area contributed by atoms with Gasteiger partial charge in [0.15, 0.2) is 0 Å². The van der Waals surface area contributed by atoms with Crippen LogP contribution in [0.25, 0.3) is 0 Å². The molecule has 9 nitrogen and oxygen atoms in total. The summed E-state index contributed by atoms with van der Waals surface area (Å²) in [5.74, 6) is -2.16. The van der Waals surface area contributed by atoms with Gasteiger partial charge in [0.05, 0.1) is 26.5 Å². The molecule has 9 heteroatoms. The molecular formula is C11H16N4O5. The molecule has 4 N–H and O–H groups in total. The molecule has 0 saturated heterocycles. The summed E-state index contributed by atoms with van der Waals surface area (Å²) in [7, 11) is 1.22. The lowest BCUT2D eigenvalue weighted by Gasteiger charge is -2.15. The maximum atomic E-state index is 11.6. The molecule has 0 aliphatic rings. The Hall–Kier alpha value is -2.42. The quantitative estimate of drug-likeness (QED) is 0.417. The number of amides is 1. The van der Waals surface area contributed by atoms with Crippen molar-refractivity contribution in [2.45, 2.75) is 12.5 Å². The number of H-pyrrole nitrogens is 1. The van der Waals surface area contributed by atoms with Gasteiger partial charge in [-0.15, -0.1) is 0 Å². The molecule has 0 aromatic carbocycles. The molecule has 0 bridgehead atoms. The SMILES string of the molecule is COC(=O)[C@H](Cc1cnc[nH]1)NC(=O)CNCC(=O)O. The van der Waals surface area contributed by atoms with Gasteiger partial charge in [-0.3, -0.25) is 14.9 Å². The lowest BCUT2D eigenvalue weighted by Crippen LogP contribution is -2.46. The fourth-order valence-electron chi connectivity index (χ4n) is 1.48. The van der Waals surface area contributed by atoms with Crippen molar-refractivity contribution in [1.29, 1.82) is 0 Å². The van der Waals surface area contributed by atoms with E-state index in [0.29, 0.717) is 5.69 Å². The molecule has 0 unspecified atom stereocenters. The molecule has 0 saturated carbocycles. The van der Waals surface area contributed by atoms with Gasteiger partial charge in [0.2, 0.25) is 5.91 Å². The average molecular weight is 284 g/mol. The second-order valence-corrected chi connectivity index (χ2v) is 3.92. The normalized spacial score (nSPS) is 11.7. The van der Waals surface area contributed by atoms with Crippen molar-refractivity contribution in [2.75, 3.05) is 20.2 Å². The van der Waals surface area contributed by atoms with Crippen molar-refractivity contribution < 1.29 is 24.2 Å². The smallest absolute Gasteiger partial charge is 0.328 e. The lowest BCUT2D eigenvalue weighted by molar-refractivity contribution is -0.145. The zero-order valence-corrected chi connectivity index (χ0v) is 10.9. The van der Waals surface area contributed by atoms with Crippen molar-refractivity contribution in [1.82, 2.24) is 20.6 Å². The van der Waals surface area contributed by atoms with E-state index in [1.807, 2.05) is 0 Å². The third kappa shape index (κ3) is 5.48. The predicted molar refractivity (Wildman–Crippen MR) is 66.7 cm³/mol. The minimum Gasteiger partial charge on any atom is -0.480 e. The molecule has 1 heterocycles. The Morgan fingerprint density at radius 1 is 1.45 bits per heavy atom. The van der Waals surface area contributed by atoms with Gasteiger partial charge in [-0.05, 0) is 0 Å². The van der Waals surface area contributed by atoms with Crippen molar-refractivity contribution in [3.8, 4) is 0 Å². The summed E-state index contributed by atoms with van der Waals surface area (Å²) in [6.45, 7) is -0.542. The number of methoxy groups -OCH3 is 1. The van der Waals surface area contributed by atoms with Gasteiger partial charge < -0.3 is 20.1 Å². The molecule has 1 rings (SSSR count). The first-order valence-corrected chi connectivity index (χ1v) is 5.80. The number of aromatic nitrogens is 2. The fourth-order valence-corrected chi connectivity index (χ4v) is 1.48. The average Bonchev–Trinajstić information content (AvgIpc) is 2.89. The van der Waals surface area contributed by atoms with Crippen LogP contribution in [0, 0.1) is 0 Å². The molecule has 1 aromatic heterocycles. The van der Waals surface area contributed by atoms with Gasteiger partial charge in [0, 0.05) is 18.3 Å². The number of carbonyl (C=O) groups is 3. The number of rotatable bonds is 8. The van der Waals surface area contributed by atoms with E-state index < -0.39 is 23.9 Å². The summed E-state index contributed by atoms with van der Waals surface area (Å²) < 4.78 is 4.60. The van der Waals surface area contributed by atoms with Crippen LogP contribution in [0.4, 0.5) is 0 Å². The van der Waals surface area contributed by atoms with Gasteiger partial charge in [0.25, 0.3) is 0 Å². The summed E-state index contributed by atoms with van der Waals surface area (Å²) in [4.78, 5) is 40.1. The Kier molecular flexibility index (Phi) is 6.17. The number of imidazole rings is 1. The van der Waals surface area contributed by atoms with Crippen LogP contribution < -0.4 is 10.6 Å². The van der Waals surface area contributed by atoms with Crippen LogP contribution in [-0.2, 0) is 25.5 Å². The molecule has 0 spiro atoms. The van der Waals surface area contributed by atoms with Gasteiger partial charge in [-0.1, -0.05) is 0 Å². The minimum absolute atomic E-state index is 0.206. The zero-order chi connectivity index (χ0) is 15.0. The molecule has 1 aromatic rings. The number of nitrogens with zero attached hydrogens (tertiary/aromatic N) is 1. The number of nitrogens with one attached hydrogen (secondary N) is 3. The van der Waals surface area contributed by atoms with E-state index in [0.717, 1.165) is 0 Å². The van der Waals surface area contributed by atoms with E-state index in [9.17, 15) is 14.4 Å². The van der Waals surface area contributed by atoms with Gasteiger partial charge in [0.1, 0.15) is 6.04 Å². The van der Waals surface area contributed by atoms with Crippen molar-refractivity contribution in [3.63, 3.8) is 0 Å². The van der Waals surface area contributed by atoms with E-state index in [1.54, 1.807) is 0 Å². The molecule has 0 fully saturated rings. The number of carboxylic acid groups (broad SMARTS) is 1. The third-order valence-corrected chi connectivity index (χ3v) is 2.36. The lowest BCUT2D eigenvalue weighted by atomic mass is 10.1. The van der Waals surface area contributed by atoms with E-state index in [2.05, 4.69) is 25.3 Å². The van der Waals surface area contributed by atoms with Crippen LogP contribution in [-0.4, -0.2) is 59.2 Å². The van der Waals surface area contributed by atoms with Crippen LogP contribution in [0.2, 0.25) is 0 Å². The Morgan fingerprint density at radius 2 is 2.20 bits per heavy atom. The summed E-state index contributed by atoms with van der Waals surface area (Å²) in [5.41, 5.74) is 0.666. The Morgan fingerprint density at radius 3 is 2.75 bits per heavy atom. The number of carboxylic acids is 1. The molecule has 0 aliphatic heterocycles. The first kappa shape index (κ1) is 15.6. The number of hydrogen-bond acceptors (Lipinski definition) is 6. The Bertz CT molecular complexity index is 459. The molecular weight excluding hydrogens is 268 g/mol. The molecule has 1 atom stereocenters. The molecule has 0 radical (unpaired) electrons. The third-order valence-electron chi connectivity index (χ3n) is 2.36. The van der Waals surface area contributed by atoms with Gasteiger partial charge >= 0.3 is 11.9 Å². The second-order valence-electron chi connectivity index (χ2n) is 3.92. The first-order chi connectivity index (χ1) is 9.52. The van der Waals surface area contributed by atoms with Crippen LogP contribution in [0.1, 0.15) is 5.69 Å². The largest absolute Gasteiger partial charge is 0.480 e. The monoisotopic (exact) mass is 284 g/mol. The second kappa shape index (κ2) is 7.89. The maximum absolute atomic E-state index is 11.6. The number of aromatic amines is 1. The van der Waals surface area contributed by atoms with Crippen molar-refractivity contribution in [2.24, 2.45) is 0 Å². The highest BCUT2D eigenvalue weighted by Gasteiger charge is 2.22. The predicted octanol–water partition coefficient (Wildman–Crippen LogP) is -1.72. The van der Waals surface area contributed by atoms with Crippen molar-refractivity contribution in [3.05, 3.63) is 18.2 Å². The van der Waals surface area contributed by atoms with Crippen LogP contribution in [0.5, 0.6) is 0 Å². The highest BCUT2D eigenvalue weighted by atomic mass is 16.5. The zero-order valence-electron chi connectivity index (χ0n) is 10.9. The topological polar surface area (TPSA) is 133 Å². The summed E-state index contributed by atoms with van der Waals surface area (Å²) in [6, 6.07) is -0.862. The van der Waals surface area contributed by atoms with E-state index in [1.165, 1.54) is 19.6 Å². The van der Waals surface area contributed by atoms with E-state index in [-0.39, 0.29) is 19.5 Å².